The summed E-state index contributed by atoms with van der Waals surface area (Å²) in [6.45, 7) is 0. The number of nitrogen functional groups attached to an aromatic ring is 1. The Labute approximate surface area is 115 Å². The molecule has 2 heterocycles. The summed E-state index contributed by atoms with van der Waals surface area (Å²) in [7, 11) is 0. The summed E-state index contributed by atoms with van der Waals surface area (Å²) in [6.07, 6.45) is 0. The number of imidazole rings is 1. The van der Waals surface area contributed by atoms with Crippen LogP contribution in [0.2, 0.25) is 0 Å². The molecule has 7 heteroatoms. The summed E-state index contributed by atoms with van der Waals surface area (Å²) >= 11 is 2.23. The lowest BCUT2D eigenvalue weighted by Gasteiger charge is -1.95. The normalized spacial score (nSPS) is 10.9. The number of nitrogens with zero attached hydrogens (tertiary/aromatic N) is 2. The number of hydrogen-bond acceptors (Lipinski definition) is 4. The van der Waals surface area contributed by atoms with E-state index in [1.54, 1.807) is 0 Å². The highest BCUT2D eigenvalue weighted by molar-refractivity contribution is 14.1. The van der Waals surface area contributed by atoms with Gasteiger partial charge < -0.3 is 10.7 Å². The van der Waals surface area contributed by atoms with Gasteiger partial charge in [0.2, 0.25) is 5.95 Å². The molecule has 0 fully saturated rings. The average Bonchev–Trinajstić information content (AvgIpc) is 2.74. The fraction of sp³-hybridized carbons (Fsp3) is 0. The van der Waals surface area contributed by atoms with Gasteiger partial charge in [-0.05, 0) is 34.7 Å². The molecule has 0 radical (unpaired) electrons. The third-order valence-electron chi connectivity index (χ3n) is 2.50. The van der Waals surface area contributed by atoms with E-state index in [2.05, 4.69) is 42.5 Å². The maximum atomic E-state index is 11.7. The number of rotatable bonds is 1. The Balaban J connectivity index is 2.22. The van der Waals surface area contributed by atoms with Gasteiger partial charge in [-0.15, -0.1) is 0 Å². The molecule has 0 unspecified atom stereocenters. The van der Waals surface area contributed by atoms with Crippen LogP contribution in [-0.4, -0.2) is 19.9 Å². The number of nitrogens with two attached hydrogens (primary N) is 1. The number of benzene rings is 1. The van der Waals surface area contributed by atoms with Crippen LogP contribution in [0, 0.1) is 3.57 Å². The second-order valence-electron chi connectivity index (χ2n) is 3.74. The van der Waals surface area contributed by atoms with Gasteiger partial charge in [-0.25, -0.2) is 4.98 Å². The monoisotopic (exact) mass is 353 g/mol. The summed E-state index contributed by atoms with van der Waals surface area (Å²) in [4.78, 5) is 25.3. The number of halogens is 1. The van der Waals surface area contributed by atoms with Crippen LogP contribution < -0.4 is 11.3 Å². The van der Waals surface area contributed by atoms with Gasteiger partial charge in [-0.3, -0.25) is 9.78 Å². The van der Waals surface area contributed by atoms with Crippen molar-refractivity contribution in [2.24, 2.45) is 0 Å². The van der Waals surface area contributed by atoms with Crippen LogP contribution in [0.25, 0.3) is 22.6 Å². The van der Waals surface area contributed by atoms with Crippen LogP contribution in [0.15, 0.2) is 29.1 Å². The van der Waals surface area contributed by atoms with Crippen LogP contribution in [0.1, 0.15) is 0 Å². The Morgan fingerprint density at radius 3 is 2.56 bits per heavy atom. The Morgan fingerprint density at radius 2 is 1.83 bits per heavy atom. The Bertz CT molecular complexity index is 774. The first-order chi connectivity index (χ1) is 8.63. The second-order valence-corrected chi connectivity index (χ2v) is 4.99. The first kappa shape index (κ1) is 11.2. The van der Waals surface area contributed by atoms with E-state index in [1.807, 2.05) is 24.3 Å². The molecule has 6 nitrogen and oxygen atoms in total. The van der Waals surface area contributed by atoms with E-state index in [9.17, 15) is 4.79 Å². The standard InChI is InChI=1S/C11H8IN5O/c12-6-3-1-5(2-4-6)8-14-7-9(15-8)16-11(13)17-10(7)18/h1-4H,(H4,13,14,15,16,17,18). The quantitative estimate of drug-likeness (QED) is 0.577. The highest BCUT2D eigenvalue weighted by Gasteiger charge is 2.09. The Hall–Kier alpha value is -1.90. The summed E-state index contributed by atoms with van der Waals surface area (Å²) in [6, 6.07) is 7.79. The second kappa shape index (κ2) is 4.09. The zero-order valence-electron chi connectivity index (χ0n) is 9.07. The predicted octanol–water partition coefficient (Wildman–Crippen LogP) is 1.50. The third-order valence-corrected chi connectivity index (χ3v) is 3.22. The van der Waals surface area contributed by atoms with Crippen molar-refractivity contribution in [3.05, 3.63) is 38.2 Å². The maximum Gasteiger partial charge on any atom is 0.278 e. The van der Waals surface area contributed by atoms with Crippen LogP contribution >= 0.6 is 22.6 Å². The SMILES string of the molecule is Nc1nc2nc(-c3ccc(I)cc3)[nH]c2c(=O)[nH]1. The first-order valence-electron chi connectivity index (χ1n) is 5.15. The van der Waals surface area contributed by atoms with E-state index in [4.69, 9.17) is 5.73 Å². The molecular formula is C11H8IN5O. The molecule has 3 aromatic rings. The number of aromatic nitrogens is 4. The van der Waals surface area contributed by atoms with Gasteiger partial charge in [0.15, 0.2) is 11.2 Å². The molecule has 4 N–H and O–H groups in total. The third kappa shape index (κ3) is 1.86. The minimum atomic E-state index is -0.318. The molecule has 1 aromatic carbocycles. The van der Waals surface area contributed by atoms with Gasteiger partial charge in [-0.2, -0.15) is 4.98 Å². The van der Waals surface area contributed by atoms with E-state index in [-0.39, 0.29) is 11.5 Å². The minimum Gasteiger partial charge on any atom is -0.369 e. The van der Waals surface area contributed by atoms with Gasteiger partial charge in [0.1, 0.15) is 5.82 Å². The summed E-state index contributed by atoms with van der Waals surface area (Å²) in [5, 5.41) is 0. The smallest absolute Gasteiger partial charge is 0.278 e. The van der Waals surface area contributed by atoms with Crippen molar-refractivity contribution in [3.63, 3.8) is 0 Å². The number of fused-ring (bicyclic) bond motifs is 1. The van der Waals surface area contributed by atoms with Crippen LogP contribution in [0.4, 0.5) is 5.95 Å². The molecule has 0 saturated heterocycles. The van der Waals surface area contributed by atoms with E-state index >= 15 is 0 Å². The maximum absolute atomic E-state index is 11.7. The van der Waals surface area contributed by atoms with Gasteiger partial charge >= 0.3 is 0 Å². The van der Waals surface area contributed by atoms with Crippen molar-refractivity contribution in [2.45, 2.75) is 0 Å². The van der Waals surface area contributed by atoms with Gasteiger partial charge in [0, 0.05) is 9.13 Å². The fourth-order valence-corrected chi connectivity index (χ4v) is 2.03. The van der Waals surface area contributed by atoms with Crippen molar-refractivity contribution >= 4 is 39.7 Å². The molecule has 0 aliphatic carbocycles. The van der Waals surface area contributed by atoms with Crippen molar-refractivity contribution < 1.29 is 0 Å². The zero-order valence-corrected chi connectivity index (χ0v) is 11.2. The van der Waals surface area contributed by atoms with Crippen molar-refractivity contribution in [1.29, 1.82) is 0 Å². The highest BCUT2D eigenvalue weighted by Crippen LogP contribution is 2.19. The lowest BCUT2D eigenvalue weighted by atomic mass is 10.2. The molecule has 0 saturated carbocycles. The van der Waals surface area contributed by atoms with Crippen LogP contribution in [-0.2, 0) is 0 Å². The molecule has 0 aliphatic heterocycles. The average molecular weight is 353 g/mol. The molecule has 0 spiro atoms. The largest absolute Gasteiger partial charge is 0.369 e. The lowest BCUT2D eigenvalue weighted by molar-refractivity contribution is 1.17. The van der Waals surface area contributed by atoms with Crippen molar-refractivity contribution in [1.82, 2.24) is 19.9 Å². The molecule has 0 bridgehead atoms. The summed E-state index contributed by atoms with van der Waals surface area (Å²) in [5.74, 6) is 0.665. The number of aromatic amines is 2. The Morgan fingerprint density at radius 1 is 1.11 bits per heavy atom. The lowest BCUT2D eigenvalue weighted by Crippen LogP contribution is -2.10. The molecular weight excluding hydrogens is 345 g/mol. The predicted molar refractivity (Wildman–Crippen MR) is 77.1 cm³/mol. The molecule has 0 atom stereocenters. The first-order valence-corrected chi connectivity index (χ1v) is 6.23. The minimum absolute atomic E-state index is 0.0631. The number of hydrogen-bond donors (Lipinski definition) is 3. The molecule has 3 rings (SSSR count). The number of H-pyrrole nitrogens is 2. The Kier molecular flexibility index (Phi) is 2.54. The van der Waals surface area contributed by atoms with Crippen molar-refractivity contribution in [2.75, 3.05) is 5.73 Å². The van der Waals surface area contributed by atoms with Gasteiger partial charge in [0.25, 0.3) is 5.56 Å². The van der Waals surface area contributed by atoms with E-state index in [1.165, 1.54) is 0 Å². The molecule has 18 heavy (non-hydrogen) atoms. The number of anilines is 1. The summed E-state index contributed by atoms with van der Waals surface area (Å²) in [5.41, 5.74) is 6.70. The zero-order chi connectivity index (χ0) is 12.7. The van der Waals surface area contributed by atoms with E-state index < -0.39 is 0 Å². The van der Waals surface area contributed by atoms with Crippen LogP contribution in [0.3, 0.4) is 0 Å². The molecule has 2 aromatic heterocycles. The topological polar surface area (TPSA) is 100 Å². The molecule has 90 valence electrons. The van der Waals surface area contributed by atoms with Crippen LogP contribution in [0.5, 0.6) is 0 Å². The molecule has 0 amide bonds. The number of nitrogens with one attached hydrogen (secondary N) is 2. The van der Waals surface area contributed by atoms with Gasteiger partial charge in [0.05, 0.1) is 0 Å². The molecule has 0 aliphatic rings. The highest BCUT2D eigenvalue weighted by atomic mass is 127. The van der Waals surface area contributed by atoms with Gasteiger partial charge in [-0.1, -0.05) is 12.1 Å². The fourth-order valence-electron chi connectivity index (χ4n) is 1.67. The van der Waals surface area contributed by atoms with E-state index in [0.717, 1.165) is 9.13 Å². The van der Waals surface area contributed by atoms with Crippen molar-refractivity contribution in [3.8, 4) is 11.4 Å². The van der Waals surface area contributed by atoms with E-state index in [0.29, 0.717) is 17.0 Å². The summed E-state index contributed by atoms with van der Waals surface area (Å²) < 4.78 is 1.13.